The number of nitrogens with two attached hydrogens (primary N) is 1. The van der Waals surface area contributed by atoms with E-state index in [4.69, 9.17) is 10.5 Å². The number of carbonyl (C=O) groups is 1. The Hall–Kier alpha value is -1.55. The van der Waals surface area contributed by atoms with Gasteiger partial charge < -0.3 is 15.8 Å². The molecule has 0 bridgehead atoms. The lowest BCUT2D eigenvalue weighted by molar-refractivity contribution is -0.123. The molecule has 3 N–H and O–H groups in total. The first-order valence-electron chi connectivity index (χ1n) is 6.28. The van der Waals surface area contributed by atoms with Gasteiger partial charge in [0.15, 0.2) is 0 Å². The molecule has 4 heteroatoms. The van der Waals surface area contributed by atoms with Crippen molar-refractivity contribution in [3.8, 4) is 5.75 Å². The quantitative estimate of drug-likeness (QED) is 0.811. The highest BCUT2D eigenvalue weighted by molar-refractivity contribution is 5.81. The van der Waals surface area contributed by atoms with Crippen LogP contribution in [0.1, 0.15) is 38.3 Å². The van der Waals surface area contributed by atoms with Gasteiger partial charge in [0.2, 0.25) is 5.91 Å². The molecule has 0 saturated carbocycles. The fraction of sp³-hybridized carbons (Fsp3) is 0.500. The van der Waals surface area contributed by atoms with E-state index in [0.717, 1.165) is 17.7 Å². The minimum Gasteiger partial charge on any atom is -0.497 e. The molecule has 2 atom stereocenters. The molecule has 0 saturated heterocycles. The average molecular weight is 250 g/mol. The number of methoxy groups -OCH3 is 1. The van der Waals surface area contributed by atoms with Crippen LogP contribution >= 0.6 is 0 Å². The van der Waals surface area contributed by atoms with E-state index < -0.39 is 6.04 Å². The molecular weight excluding hydrogens is 228 g/mol. The Morgan fingerprint density at radius 3 is 2.50 bits per heavy atom. The molecule has 1 aromatic carbocycles. The minimum atomic E-state index is -0.421. The van der Waals surface area contributed by atoms with Crippen molar-refractivity contribution >= 4 is 5.91 Å². The van der Waals surface area contributed by atoms with Gasteiger partial charge in [0.05, 0.1) is 19.2 Å². The number of rotatable bonds is 6. The average Bonchev–Trinajstić information content (AvgIpc) is 2.39. The largest absolute Gasteiger partial charge is 0.497 e. The number of ether oxygens (including phenoxy) is 1. The Labute approximate surface area is 109 Å². The summed E-state index contributed by atoms with van der Waals surface area (Å²) in [4.78, 5) is 11.8. The first-order valence-corrected chi connectivity index (χ1v) is 6.28. The van der Waals surface area contributed by atoms with Gasteiger partial charge in [0, 0.05) is 0 Å². The van der Waals surface area contributed by atoms with Gasteiger partial charge in [0.25, 0.3) is 0 Å². The van der Waals surface area contributed by atoms with Gasteiger partial charge in [-0.1, -0.05) is 25.5 Å². The molecule has 0 aliphatic carbocycles. The maximum Gasteiger partial charge on any atom is 0.237 e. The Morgan fingerprint density at radius 1 is 1.39 bits per heavy atom. The van der Waals surface area contributed by atoms with Crippen LogP contribution in [0.5, 0.6) is 5.75 Å². The highest BCUT2D eigenvalue weighted by Crippen LogP contribution is 2.17. The van der Waals surface area contributed by atoms with Gasteiger partial charge in [-0.15, -0.1) is 0 Å². The van der Waals surface area contributed by atoms with Crippen LogP contribution in [-0.4, -0.2) is 19.1 Å². The molecule has 1 amide bonds. The van der Waals surface area contributed by atoms with E-state index >= 15 is 0 Å². The molecule has 0 heterocycles. The predicted octanol–water partition coefficient (Wildman–Crippen LogP) is 2.00. The lowest BCUT2D eigenvalue weighted by atomic mass is 10.1. The minimum absolute atomic E-state index is 0.0497. The number of hydrogen-bond donors (Lipinski definition) is 2. The number of carbonyl (C=O) groups excluding carboxylic acids is 1. The molecule has 18 heavy (non-hydrogen) atoms. The summed E-state index contributed by atoms with van der Waals surface area (Å²) >= 11 is 0. The third kappa shape index (κ3) is 4.04. The Morgan fingerprint density at radius 2 is 2.00 bits per heavy atom. The monoisotopic (exact) mass is 250 g/mol. The highest BCUT2D eigenvalue weighted by atomic mass is 16.5. The molecule has 1 aromatic rings. The zero-order valence-corrected chi connectivity index (χ0v) is 11.3. The molecule has 1 unspecified atom stereocenters. The smallest absolute Gasteiger partial charge is 0.237 e. The number of amides is 1. The predicted molar refractivity (Wildman–Crippen MR) is 72.4 cm³/mol. The van der Waals surface area contributed by atoms with Crippen LogP contribution in [-0.2, 0) is 4.79 Å². The summed E-state index contributed by atoms with van der Waals surface area (Å²) in [7, 11) is 1.63. The normalized spacial score (nSPS) is 13.8. The van der Waals surface area contributed by atoms with Crippen molar-refractivity contribution in [1.29, 1.82) is 0 Å². The molecule has 0 radical (unpaired) electrons. The van der Waals surface area contributed by atoms with Crippen molar-refractivity contribution in [3.05, 3.63) is 29.8 Å². The molecule has 1 rings (SSSR count). The van der Waals surface area contributed by atoms with Crippen LogP contribution in [0.4, 0.5) is 0 Å². The molecule has 0 aliphatic heterocycles. The summed E-state index contributed by atoms with van der Waals surface area (Å²) in [6, 6.07) is 7.17. The first kappa shape index (κ1) is 14.5. The Balaban J connectivity index is 2.58. The van der Waals surface area contributed by atoms with Gasteiger partial charge in [-0.25, -0.2) is 0 Å². The zero-order valence-electron chi connectivity index (χ0n) is 11.3. The van der Waals surface area contributed by atoms with Crippen LogP contribution in [0.15, 0.2) is 24.3 Å². The second kappa shape index (κ2) is 7.01. The number of nitrogens with one attached hydrogen (secondary N) is 1. The van der Waals surface area contributed by atoms with Crippen molar-refractivity contribution in [2.45, 2.75) is 38.8 Å². The van der Waals surface area contributed by atoms with E-state index in [-0.39, 0.29) is 11.9 Å². The van der Waals surface area contributed by atoms with E-state index in [1.54, 1.807) is 7.11 Å². The molecule has 0 aromatic heterocycles. The topological polar surface area (TPSA) is 64.4 Å². The highest BCUT2D eigenvalue weighted by Gasteiger charge is 2.15. The van der Waals surface area contributed by atoms with E-state index in [1.165, 1.54) is 0 Å². The summed E-state index contributed by atoms with van der Waals surface area (Å²) in [5, 5.41) is 2.91. The summed E-state index contributed by atoms with van der Waals surface area (Å²) in [5.41, 5.74) is 6.80. The van der Waals surface area contributed by atoms with Gasteiger partial charge in [-0.3, -0.25) is 4.79 Å². The molecular formula is C14H22N2O2. The SMILES string of the molecule is CCC[C@@H](N)C(=O)NC(C)c1ccc(OC)cc1. The second-order valence-electron chi connectivity index (χ2n) is 4.40. The summed E-state index contributed by atoms with van der Waals surface area (Å²) < 4.78 is 5.09. The van der Waals surface area contributed by atoms with E-state index in [2.05, 4.69) is 5.32 Å². The summed E-state index contributed by atoms with van der Waals surface area (Å²) in [5.74, 6) is 0.708. The lowest BCUT2D eigenvalue weighted by Gasteiger charge is -2.17. The zero-order chi connectivity index (χ0) is 13.5. The molecule has 0 spiro atoms. The maximum absolute atomic E-state index is 11.8. The van der Waals surface area contributed by atoms with Crippen LogP contribution < -0.4 is 15.8 Å². The summed E-state index contributed by atoms with van der Waals surface area (Å²) in [6.07, 6.45) is 1.62. The molecule has 0 fully saturated rings. The van der Waals surface area contributed by atoms with E-state index in [1.807, 2.05) is 38.1 Å². The standard InChI is InChI=1S/C14H22N2O2/c1-4-5-13(15)14(17)16-10(2)11-6-8-12(18-3)9-7-11/h6-10,13H,4-5,15H2,1-3H3,(H,16,17)/t10?,13-/m1/s1. The third-order valence-corrected chi connectivity index (χ3v) is 2.91. The van der Waals surface area contributed by atoms with Gasteiger partial charge >= 0.3 is 0 Å². The van der Waals surface area contributed by atoms with Crippen molar-refractivity contribution in [2.75, 3.05) is 7.11 Å². The van der Waals surface area contributed by atoms with Crippen LogP contribution in [0, 0.1) is 0 Å². The lowest BCUT2D eigenvalue weighted by Crippen LogP contribution is -2.41. The fourth-order valence-electron chi connectivity index (χ4n) is 1.74. The van der Waals surface area contributed by atoms with Gasteiger partial charge in [0.1, 0.15) is 5.75 Å². The fourth-order valence-corrected chi connectivity index (χ4v) is 1.74. The van der Waals surface area contributed by atoms with Crippen molar-refractivity contribution in [2.24, 2.45) is 5.73 Å². The maximum atomic E-state index is 11.8. The van der Waals surface area contributed by atoms with Crippen LogP contribution in [0.2, 0.25) is 0 Å². The van der Waals surface area contributed by atoms with Crippen molar-refractivity contribution in [1.82, 2.24) is 5.32 Å². The van der Waals surface area contributed by atoms with E-state index in [9.17, 15) is 4.79 Å². The van der Waals surface area contributed by atoms with Gasteiger partial charge in [-0.2, -0.15) is 0 Å². The third-order valence-electron chi connectivity index (χ3n) is 2.91. The Kier molecular flexibility index (Phi) is 5.65. The molecule has 4 nitrogen and oxygen atoms in total. The number of hydrogen-bond acceptors (Lipinski definition) is 3. The summed E-state index contributed by atoms with van der Waals surface area (Å²) in [6.45, 7) is 3.96. The Bertz CT molecular complexity index is 376. The second-order valence-corrected chi connectivity index (χ2v) is 4.40. The van der Waals surface area contributed by atoms with Crippen LogP contribution in [0.3, 0.4) is 0 Å². The molecule has 0 aliphatic rings. The number of benzene rings is 1. The van der Waals surface area contributed by atoms with E-state index in [0.29, 0.717) is 6.42 Å². The van der Waals surface area contributed by atoms with Crippen molar-refractivity contribution < 1.29 is 9.53 Å². The van der Waals surface area contributed by atoms with Crippen LogP contribution in [0.25, 0.3) is 0 Å². The molecule has 100 valence electrons. The van der Waals surface area contributed by atoms with Crippen molar-refractivity contribution in [3.63, 3.8) is 0 Å². The van der Waals surface area contributed by atoms with Gasteiger partial charge in [-0.05, 0) is 31.0 Å². The first-order chi connectivity index (χ1) is 8.58.